The van der Waals surface area contributed by atoms with Gasteiger partial charge >= 0.3 is 0 Å². The second-order valence-corrected chi connectivity index (χ2v) is 3.33. The summed E-state index contributed by atoms with van der Waals surface area (Å²) in [6.45, 7) is 0. The van der Waals surface area contributed by atoms with Crippen LogP contribution in [-0.2, 0) is 0 Å². The number of methoxy groups -OCH3 is 1. The van der Waals surface area contributed by atoms with Gasteiger partial charge in [-0.05, 0) is 36.0 Å². The maximum Gasteiger partial charge on any atom is 0.184 e. The van der Waals surface area contributed by atoms with Crippen molar-refractivity contribution in [1.29, 1.82) is 0 Å². The third-order valence-corrected chi connectivity index (χ3v) is 1.83. The molecule has 0 atom stereocenters. The molecule has 0 fully saturated rings. The molecule has 0 radical (unpaired) electrons. The van der Waals surface area contributed by atoms with Crippen molar-refractivity contribution < 1.29 is 4.74 Å². The summed E-state index contributed by atoms with van der Waals surface area (Å²) in [5.41, 5.74) is 8.70. The number of nitrogens with two attached hydrogens (primary N) is 1. The van der Waals surface area contributed by atoms with Gasteiger partial charge in [-0.2, -0.15) is 5.10 Å². The van der Waals surface area contributed by atoms with Gasteiger partial charge in [-0.25, -0.2) is 0 Å². The molecule has 0 aromatic heterocycles. The van der Waals surface area contributed by atoms with Gasteiger partial charge in [0.1, 0.15) is 5.75 Å². The molecule has 0 spiro atoms. The van der Waals surface area contributed by atoms with E-state index in [4.69, 9.17) is 10.5 Å². The highest BCUT2D eigenvalue weighted by Crippen LogP contribution is 2.11. The third kappa shape index (κ3) is 4.56. The van der Waals surface area contributed by atoms with Crippen LogP contribution in [0.1, 0.15) is 5.56 Å². The van der Waals surface area contributed by atoms with E-state index < -0.39 is 0 Å². The van der Waals surface area contributed by atoms with Crippen LogP contribution < -0.4 is 15.9 Å². The predicted molar refractivity (Wildman–Crippen MR) is 70.4 cm³/mol. The number of thiocarbonyl (C=S) groups is 1. The lowest BCUT2D eigenvalue weighted by atomic mass is 10.2. The molecule has 5 heteroatoms. The zero-order valence-corrected chi connectivity index (χ0v) is 9.70. The van der Waals surface area contributed by atoms with E-state index >= 15 is 0 Å². The van der Waals surface area contributed by atoms with E-state index in [1.165, 1.54) is 0 Å². The molecule has 0 aliphatic carbocycles. The van der Waals surface area contributed by atoms with Crippen LogP contribution >= 0.6 is 12.2 Å². The summed E-state index contributed by atoms with van der Waals surface area (Å²) in [4.78, 5) is 0. The Balaban J connectivity index is 2.49. The molecular formula is C11H13N3OS. The number of nitrogens with one attached hydrogen (secondary N) is 1. The molecule has 1 aromatic carbocycles. The minimum Gasteiger partial charge on any atom is -0.497 e. The van der Waals surface area contributed by atoms with E-state index in [0.29, 0.717) is 0 Å². The fraction of sp³-hybridized carbons (Fsp3) is 0.0909. The van der Waals surface area contributed by atoms with Crippen molar-refractivity contribution in [2.24, 2.45) is 10.8 Å². The highest BCUT2D eigenvalue weighted by Gasteiger charge is 1.88. The second kappa shape index (κ2) is 6.58. The zero-order valence-electron chi connectivity index (χ0n) is 8.88. The van der Waals surface area contributed by atoms with Crippen molar-refractivity contribution in [3.05, 3.63) is 35.9 Å². The normalized spacial score (nSPS) is 10.8. The lowest BCUT2D eigenvalue weighted by Crippen LogP contribution is -2.23. The SMILES string of the molecule is COc1ccc(/C=C\C=N/NC(N)=S)cc1. The van der Waals surface area contributed by atoms with Gasteiger partial charge in [0.05, 0.1) is 7.11 Å². The topological polar surface area (TPSA) is 59.6 Å². The first kappa shape index (κ1) is 12.2. The van der Waals surface area contributed by atoms with Gasteiger partial charge in [-0.1, -0.05) is 18.2 Å². The smallest absolute Gasteiger partial charge is 0.184 e. The largest absolute Gasteiger partial charge is 0.497 e. The molecule has 0 aliphatic rings. The average Bonchev–Trinajstić information content (AvgIpc) is 2.29. The Bertz CT molecular complexity index is 398. The van der Waals surface area contributed by atoms with Gasteiger partial charge in [-0.3, -0.25) is 5.43 Å². The molecule has 0 amide bonds. The lowest BCUT2D eigenvalue weighted by molar-refractivity contribution is 0.415. The van der Waals surface area contributed by atoms with Gasteiger partial charge in [0, 0.05) is 6.21 Å². The summed E-state index contributed by atoms with van der Waals surface area (Å²) in [6.07, 6.45) is 5.26. The summed E-state index contributed by atoms with van der Waals surface area (Å²) in [6, 6.07) is 7.68. The van der Waals surface area contributed by atoms with Crippen LogP contribution in [0.2, 0.25) is 0 Å². The Hall–Kier alpha value is -1.88. The minimum atomic E-state index is 0.147. The molecule has 1 aromatic rings. The molecule has 0 unspecified atom stereocenters. The Morgan fingerprint density at radius 1 is 1.44 bits per heavy atom. The molecule has 0 saturated carbocycles. The lowest BCUT2D eigenvalue weighted by Gasteiger charge is -1.98. The van der Waals surface area contributed by atoms with E-state index in [1.54, 1.807) is 19.4 Å². The number of hydrogen-bond donors (Lipinski definition) is 2. The summed E-state index contributed by atoms with van der Waals surface area (Å²) in [7, 11) is 1.64. The summed E-state index contributed by atoms with van der Waals surface area (Å²) < 4.78 is 5.05. The molecule has 4 nitrogen and oxygen atoms in total. The first-order valence-corrected chi connectivity index (χ1v) is 5.02. The maximum absolute atomic E-state index is 5.19. The van der Waals surface area contributed by atoms with Crippen molar-refractivity contribution in [3.63, 3.8) is 0 Å². The number of ether oxygens (including phenoxy) is 1. The average molecular weight is 235 g/mol. The zero-order chi connectivity index (χ0) is 11.8. The highest BCUT2D eigenvalue weighted by atomic mass is 32.1. The van der Waals surface area contributed by atoms with E-state index in [0.717, 1.165) is 11.3 Å². The van der Waals surface area contributed by atoms with E-state index in [1.807, 2.05) is 30.3 Å². The quantitative estimate of drug-likeness (QED) is 0.472. The minimum absolute atomic E-state index is 0.147. The molecule has 84 valence electrons. The fourth-order valence-electron chi connectivity index (χ4n) is 1.01. The summed E-state index contributed by atoms with van der Waals surface area (Å²) in [5.74, 6) is 0.834. The molecule has 0 saturated heterocycles. The van der Waals surface area contributed by atoms with Crippen LogP contribution in [0.4, 0.5) is 0 Å². The van der Waals surface area contributed by atoms with Gasteiger partial charge in [0.15, 0.2) is 5.11 Å². The number of benzene rings is 1. The first-order valence-electron chi connectivity index (χ1n) is 4.61. The van der Waals surface area contributed by atoms with E-state index in [9.17, 15) is 0 Å². The molecular weight excluding hydrogens is 222 g/mol. The van der Waals surface area contributed by atoms with Gasteiger partial charge in [0.2, 0.25) is 0 Å². The van der Waals surface area contributed by atoms with Crippen LogP contribution in [0.5, 0.6) is 5.75 Å². The van der Waals surface area contributed by atoms with Gasteiger partial charge in [0.25, 0.3) is 0 Å². The number of rotatable bonds is 4. The fourth-order valence-corrected chi connectivity index (χ4v) is 1.07. The summed E-state index contributed by atoms with van der Waals surface area (Å²) >= 11 is 4.58. The highest BCUT2D eigenvalue weighted by molar-refractivity contribution is 7.80. The van der Waals surface area contributed by atoms with Crippen molar-refractivity contribution >= 4 is 29.6 Å². The number of nitrogens with zero attached hydrogens (tertiary/aromatic N) is 1. The molecule has 0 heterocycles. The van der Waals surface area contributed by atoms with Crippen LogP contribution in [0.25, 0.3) is 6.08 Å². The maximum atomic E-state index is 5.19. The van der Waals surface area contributed by atoms with Gasteiger partial charge < -0.3 is 10.5 Å². The molecule has 16 heavy (non-hydrogen) atoms. The Kier molecular flexibility index (Phi) is 5.01. The second-order valence-electron chi connectivity index (χ2n) is 2.89. The van der Waals surface area contributed by atoms with Crippen LogP contribution in [-0.4, -0.2) is 18.4 Å². The van der Waals surface area contributed by atoms with Crippen molar-refractivity contribution in [3.8, 4) is 5.75 Å². The molecule has 1 rings (SSSR count). The molecule has 3 N–H and O–H groups in total. The number of hydrazone groups is 1. The Morgan fingerprint density at radius 2 is 2.12 bits per heavy atom. The number of hydrogen-bond acceptors (Lipinski definition) is 3. The third-order valence-electron chi connectivity index (χ3n) is 1.74. The van der Waals surface area contributed by atoms with Crippen molar-refractivity contribution in [1.82, 2.24) is 5.43 Å². The van der Waals surface area contributed by atoms with Crippen LogP contribution in [0, 0.1) is 0 Å². The van der Waals surface area contributed by atoms with Crippen molar-refractivity contribution in [2.75, 3.05) is 7.11 Å². The number of allylic oxidation sites excluding steroid dienone is 1. The monoisotopic (exact) mass is 235 g/mol. The Labute approximate surface area is 99.8 Å². The standard InChI is InChI=1S/C11H13N3OS/c1-15-10-6-4-9(5-7-10)3-2-8-13-14-11(12)16/h2-8H,1H3,(H3,12,14,16)/b3-2-,13-8-. The van der Waals surface area contributed by atoms with E-state index in [2.05, 4.69) is 22.7 Å². The predicted octanol–water partition coefficient (Wildman–Crippen LogP) is 1.53. The first-order chi connectivity index (χ1) is 7.72. The molecule has 0 bridgehead atoms. The van der Waals surface area contributed by atoms with Crippen LogP contribution in [0.15, 0.2) is 35.4 Å². The Morgan fingerprint density at radius 3 is 2.69 bits per heavy atom. The van der Waals surface area contributed by atoms with Gasteiger partial charge in [-0.15, -0.1) is 0 Å². The molecule has 0 aliphatic heterocycles. The summed E-state index contributed by atoms with van der Waals surface area (Å²) in [5, 5.41) is 3.91. The van der Waals surface area contributed by atoms with Crippen molar-refractivity contribution in [2.45, 2.75) is 0 Å². The van der Waals surface area contributed by atoms with Crippen LogP contribution in [0.3, 0.4) is 0 Å². The van der Waals surface area contributed by atoms with E-state index in [-0.39, 0.29) is 5.11 Å².